The van der Waals surface area contributed by atoms with Crippen LogP contribution < -0.4 is 0 Å². The van der Waals surface area contributed by atoms with E-state index in [2.05, 4.69) is 49.7 Å². The Labute approximate surface area is 104 Å². The van der Waals surface area contributed by atoms with Crippen LogP contribution in [0.3, 0.4) is 0 Å². The molecule has 0 spiro atoms. The molecule has 0 aromatic carbocycles. The van der Waals surface area contributed by atoms with Gasteiger partial charge in [-0.2, -0.15) is 5.10 Å². The number of halogens is 1. The summed E-state index contributed by atoms with van der Waals surface area (Å²) >= 11 is 6.16. The van der Waals surface area contributed by atoms with E-state index in [4.69, 9.17) is 11.6 Å². The molecule has 0 saturated heterocycles. The largest absolute Gasteiger partial charge is 0.270 e. The highest BCUT2D eigenvalue weighted by atomic mass is 35.5. The normalized spacial score (nSPS) is 17.1. The fraction of sp³-hybridized carbons (Fsp3) is 0.769. The molecule has 0 N–H and O–H groups in total. The Morgan fingerprint density at radius 3 is 2.50 bits per heavy atom. The van der Waals surface area contributed by atoms with E-state index in [1.54, 1.807) is 0 Å². The number of hydrogen-bond acceptors (Lipinski definition) is 1. The summed E-state index contributed by atoms with van der Waals surface area (Å²) in [4.78, 5) is 0. The fourth-order valence-corrected chi connectivity index (χ4v) is 2.09. The molecule has 92 valence electrons. The second-order valence-electron chi connectivity index (χ2n) is 4.59. The van der Waals surface area contributed by atoms with E-state index >= 15 is 0 Å². The van der Waals surface area contributed by atoms with Gasteiger partial charge in [0.05, 0.1) is 5.69 Å². The van der Waals surface area contributed by atoms with Gasteiger partial charge in [0, 0.05) is 17.6 Å². The molecule has 0 saturated carbocycles. The van der Waals surface area contributed by atoms with E-state index in [0.717, 1.165) is 19.3 Å². The summed E-state index contributed by atoms with van der Waals surface area (Å²) in [7, 11) is 0. The molecule has 1 aromatic rings. The van der Waals surface area contributed by atoms with Crippen molar-refractivity contribution < 1.29 is 0 Å². The van der Waals surface area contributed by atoms with Crippen LogP contribution in [0.25, 0.3) is 0 Å². The minimum atomic E-state index is 0.221. The molecule has 1 aromatic heterocycles. The third-order valence-electron chi connectivity index (χ3n) is 3.35. The standard InChI is InChI=1S/C13H23ClN2/c1-5-10(3)16-8-7-13(15-16)9-12(6-2)11(4)14/h7-8,10-12H,5-6,9H2,1-4H3. The van der Waals surface area contributed by atoms with Crippen molar-refractivity contribution in [1.29, 1.82) is 0 Å². The van der Waals surface area contributed by atoms with Crippen molar-refractivity contribution in [2.75, 3.05) is 0 Å². The molecule has 3 unspecified atom stereocenters. The van der Waals surface area contributed by atoms with Gasteiger partial charge in [0.1, 0.15) is 0 Å². The molecule has 0 radical (unpaired) electrons. The third-order valence-corrected chi connectivity index (χ3v) is 3.71. The fourth-order valence-electron chi connectivity index (χ4n) is 1.82. The lowest BCUT2D eigenvalue weighted by atomic mass is 9.97. The van der Waals surface area contributed by atoms with Crippen LogP contribution >= 0.6 is 11.6 Å². The Morgan fingerprint density at radius 1 is 1.31 bits per heavy atom. The van der Waals surface area contributed by atoms with Crippen LogP contribution in [-0.4, -0.2) is 15.2 Å². The smallest absolute Gasteiger partial charge is 0.0628 e. The lowest BCUT2D eigenvalue weighted by Crippen LogP contribution is -2.14. The maximum absolute atomic E-state index is 6.16. The molecule has 1 rings (SSSR count). The Morgan fingerprint density at radius 2 is 2.00 bits per heavy atom. The van der Waals surface area contributed by atoms with Crippen molar-refractivity contribution in [1.82, 2.24) is 9.78 Å². The molecule has 16 heavy (non-hydrogen) atoms. The number of alkyl halides is 1. The van der Waals surface area contributed by atoms with Crippen molar-refractivity contribution in [2.24, 2.45) is 5.92 Å². The van der Waals surface area contributed by atoms with Crippen molar-refractivity contribution in [3.05, 3.63) is 18.0 Å². The zero-order valence-corrected chi connectivity index (χ0v) is 11.5. The van der Waals surface area contributed by atoms with Crippen molar-refractivity contribution in [2.45, 2.75) is 58.4 Å². The first-order chi connectivity index (χ1) is 7.58. The second kappa shape index (κ2) is 6.29. The van der Waals surface area contributed by atoms with Crippen LogP contribution in [0, 0.1) is 5.92 Å². The quantitative estimate of drug-likeness (QED) is 0.689. The monoisotopic (exact) mass is 242 g/mol. The third kappa shape index (κ3) is 3.51. The van der Waals surface area contributed by atoms with Crippen LogP contribution in [0.1, 0.15) is 52.3 Å². The van der Waals surface area contributed by atoms with E-state index in [0.29, 0.717) is 12.0 Å². The summed E-state index contributed by atoms with van der Waals surface area (Å²) in [6, 6.07) is 2.61. The Bertz CT molecular complexity index is 307. The molecule has 0 amide bonds. The van der Waals surface area contributed by atoms with Crippen LogP contribution in [0.15, 0.2) is 12.3 Å². The van der Waals surface area contributed by atoms with Crippen molar-refractivity contribution in [3.63, 3.8) is 0 Å². The van der Waals surface area contributed by atoms with Crippen molar-refractivity contribution in [3.8, 4) is 0 Å². The van der Waals surface area contributed by atoms with Gasteiger partial charge in [0.25, 0.3) is 0 Å². The van der Waals surface area contributed by atoms with Gasteiger partial charge in [0.15, 0.2) is 0 Å². The molecule has 0 bridgehead atoms. The summed E-state index contributed by atoms with van der Waals surface area (Å²) in [5, 5.41) is 4.83. The molecule has 0 aliphatic rings. The van der Waals surface area contributed by atoms with Crippen molar-refractivity contribution >= 4 is 11.6 Å². The maximum Gasteiger partial charge on any atom is 0.0628 e. The summed E-state index contributed by atoms with van der Waals surface area (Å²) in [6.07, 6.45) is 5.30. The molecule has 3 atom stereocenters. The van der Waals surface area contributed by atoms with Gasteiger partial charge < -0.3 is 0 Å². The second-order valence-corrected chi connectivity index (χ2v) is 5.28. The van der Waals surface area contributed by atoms with Crippen LogP contribution in [0.4, 0.5) is 0 Å². The van der Waals surface area contributed by atoms with Crippen LogP contribution in [-0.2, 0) is 6.42 Å². The summed E-state index contributed by atoms with van der Waals surface area (Å²) < 4.78 is 2.06. The molecular weight excluding hydrogens is 220 g/mol. The number of nitrogens with zero attached hydrogens (tertiary/aromatic N) is 2. The van der Waals surface area contributed by atoms with Gasteiger partial charge in [0.2, 0.25) is 0 Å². The highest BCUT2D eigenvalue weighted by Crippen LogP contribution is 2.19. The summed E-state index contributed by atoms with van der Waals surface area (Å²) in [6.45, 7) is 8.64. The van der Waals surface area contributed by atoms with Gasteiger partial charge in [-0.05, 0) is 38.7 Å². The topological polar surface area (TPSA) is 17.8 Å². The Balaban J connectivity index is 2.64. The van der Waals surface area contributed by atoms with E-state index in [9.17, 15) is 0 Å². The molecule has 1 heterocycles. The Kier molecular flexibility index (Phi) is 5.33. The predicted octanol–water partition coefficient (Wildman–Crippen LogP) is 4.05. The van der Waals surface area contributed by atoms with Crippen LogP contribution in [0.5, 0.6) is 0 Å². The average molecular weight is 243 g/mol. The van der Waals surface area contributed by atoms with E-state index in [1.165, 1.54) is 5.69 Å². The predicted molar refractivity (Wildman–Crippen MR) is 70.0 cm³/mol. The Hall–Kier alpha value is -0.500. The number of rotatable bonds is 6. The highest BCUT2D eigenvalue weighted by Gasteiger charge is 2.15. The average Bonchev–Trinajstić information content (AvgIpc) is 2.72. The van der Waals surface area contributed by atoms with Gasteiger partial charge in [-0.25, -0.2) is 0 Å². The molecule has 0 fully saturated rings. The molecule has 0 aliphatic heterocycles. The summed E-state index contributed by atoms with van der Waals surface area (Å²) in [5.74, 6) is 0.530. The first-order valence-corrected chi connectivity index (χ1v) is 6.70. The SMILES string of the molecule is CCC(Cc1ccn(C(C)CC)n1)C(C)Cl. The molecule has 2 nitrogen and oxygen atoms in total. The molecule has 0 aliphatic carbocycles. The van der Waals surface area contributed by atoms with Gasteiger partial charge in [-0.3, -0.25) is 4.68 Å². The molecule has 3 heteroatoms. The minimum absolute atomic E-state index is 0.221. The van der Waals surface area contributed by atoms with Gasteiger partial charge >= 0.3 is 0 Å². The maximum atomic E-state index is 6.16. The zero-order chi connectivity index (χ0) is 12.1. The zero-order valence-electron chi connectivity index (χ0n) is 10.8. The first kappa shape index (κ1) is 13.6. The minimum Gasteiger partial charge on any atom is -0.270 e. The number of aromatic nitrogens is 2. The summed E-state index contributed by atoms with van der Waals surface area (Å²) in [5.41, 5.74) is 1.17. The number of hydrogen-bond donors (Lipinski definition) is 0. The van der Waals surface area contributed by atoms with E-state index in [-0.39, 0.29) is 5.38 Å². The molecular formula is C13H23ClN2. The lowest BCUT2D eigenvalue weighted by Gasteiger charge is -2.15. The van der Waals surface area contributed by atoms with E-state index in [1.807, 2.05) is 0 Å². The van der Waals surface area contributed by atoms with Crippen LogP contribution in [0.2, 0.25) is 0 Å². The highest BCUT2D eigenvalue weighted by molar-refractivity contribution is 6.20. The van der Waals surface area contributed by atoms with Gasteiger partial charge in [-0.15, -0.1) is 11.6 Å². The first-order valence-electron chi connectivity index (χ1n) is 6.26. The lowest BCUT2D eigenvalue weighted by molar-refractivity contribution is 0.456. The van der Waals surface area contributed by atoms with E-state index < -0.39 is 0 Å². The van der Waals surface area contributed by atoms with Gasteiger partial charge in [-0.1, -0.05) is 20.3 Å².